The maximum atomic E-state index is 10.4. The van der Waals surface area contributed by atoms with Crippen LogP contribution in [0.1, 0.15) is 32.1 Å². The van der Waals surface area contributed by atoms with E-state index >= 15 is 0 Å². The van der Waals surface area contributed by atoms with Crippen molar-refractivity contribution in [3.05, 3.63) is 25.7 Å². The van der Waals surface area contributed by atoms with Crippen LogP contribution in [0.25, 0.3) is 0 Å². The summed E-state index contributed by atoms with van der Waals surface area (Å²) < 4.78 is 4.36. The molecular formula is C13H26O5. The van der Waals surface area contributed by atoms with Gasteiger partial charge in [-0.1, -0.05) is 32.4 Å². The molecule has 0 radical (unpaired) electrons. The summed E-state index contributed by atoms with van der Waals surface area (Å²) >= 11 is 0. The third kappa shape index (κ3) is 17.1. The summed E-state index contributed by atoms with van der Waals surface area (Å²) in [6, 6.07) is 0. The molecule has 0 amide bonds. The zero-order valence-corrected chi connectivity index (χ0v) is 11.3. The quantitative estimate of drug-likeness (QED) is 0.678. The van der Waals surface area contributed by atoms with E-state index in [1.54, 1.807) is 0 Å². The Hall–Kier alpha value is -1.33. The van der Waals surface area contributed by atoms with E-state index in [2.05, 4.69) is 17.9 Å². The van der Waals surface area contributed by atoms with Crippen LogP contribution >= 0.6 is 0 Å². The van der Waals surface area contributed by atoms with Crippen molar-refractivity contribution < 1.29 is 24.9 Å². The number of hydrogen-bond donors (Lipinski definition) is 3. The van der Waals surface area contributed by atoms with Gasteiger partial charge in [-0.25, -0.2) is 0 Å². The van der Waals surface area contributed by atoms with Gasteiger partial charge in [0.15, 0.2) is 0 Å². The topological polar surface area (TPSA) is 87.0 Å². The molecule has 0 aromatic heterocycles. The smallest absolute Gasteiger partial charge is 0.306 e. The van der Waals surface area contributed by atoms with Crippen molar-refractivity contribution in [2.75, 3.05) is 14.2 Å². The monoisotopic (exact) mass is 262 g/mol. The Morgan fingerprint density at radius 2 is 1.44 bits per heavy atom. The molecule has 0 aromatic rings. The van der Waals surface area contributed by atoms with Crippen LogP contribution in [0, 0.1) is 5.92 Å². The number of hydrogen-bond acceptors (Lipinski definition) is 4. The predicted octanol–water partition coefficient (Wildman–Crippen LogP) is 2.16. The van der Waals surface area contributed by atoms with Gasteiger partial charge in [-0.3, -0.25) is 4.79 Å². The molecule has 1 saturated carbocycles. The number of rotatable bonds is 3. The summed E-state index contributed by atoms with van der Waals surface area (Å²) in [5.74, 6) is -0.631. The number of aliphatic carboxylic acids is 1. The summed E-state index contributed by atoms with van der Waals surface area (Å²) in [5.41, 5.74) is 0. The SMILES string of the molecule is C=COC=C.CO.CO.O=C(O)C1CCCCC1. The molecule has 1 aliphatic rings. The Morgan fingerprint density at radius 3 is 1.61 bits per heavy atom. The molecule has 0 bridgehead atoms. The molecule has 3 N–H and O–H groups in total. The van der Waals surface area contributed by atoms with Crippen LogP contribution in [0.5, 0.6) is 0 Å². The van der Waals surface area contributed by atoms with E-state index in [0.29, 0.717) is 0 Å². The summed E-state index contributed by atoms with van der Waals surface area (Å²) in [6.45, 7) is 6.51. The number of ether oxygens (including phenoxy) is 1. The summed E-state index contributed by atoms with van der Waals surface area (Å²) in [4.78, 5) is 10.4. The first kappa shape index (κ1) is 21.9. The number of carbonyl (C=O) groups is 1. The number of carboxylic acid groups (broad SMARTS) is 1. The summed E-state index contributed by atoms with van der Waals surface area (Å²) in [5, 5.41) is 22.5. The molecule has 1 aliphatic carbocycles. The Balaban J connectivity index is -0.000000215. The normalized spacial score (nSPS) is 13.1. The van der Waals surface area contributed by atoms with Crippen LogP contribution in [0.3, 0.4) is 0 Å². The van der Waals surface area contributed by atoms with Crippen molar-refractivity contribution in [3.8, 4) is 0 Å². The van der Waals surface area contributed by atoms with E-state index < -0.39 is 5.97 Å². The number of carboxylic acids is 1. The molecule has 0 heterocycles. The largest absolute Gasteiger partial charge is 0.481 e. The van der Waals surface area contributed by atoms with Crippen LogP contribution in [0.4, 0.5) is 0 Å². The fourth-order valence-electron chi connectivity index (χ4n) is 1.42. The minimum Gasteiger partial charge on any atom is -0.481 e. The fraction of sp³-hybridized carbons (Fsp3) is 0.615. The highest BCUT2D eigenvalue weighted by atomic mass is 16.5. The molecule has 5 heteroatoms. The Morgan fingerprint density at radius 1 is 1.06 bits per heavy atom. The molecule has 108 valence electrons. The highest BCUT2D eigenvalue weighted by Gasteiger charge is 2.19. The van der Waals surface area contributed by atoms with Crippen molar-refractivity contribution in [1.29, 1.82) is 0 Å². The molecule has 0 aliphatic heterocycles. The lowest BCUT2D eigenvalue weighted by Crippen LogP contribution is -2.16. The molecule has 18 heavy (non-hydrogen) atoms. The van der Waals surface area contributed by atoms with Gasteiger partial charge in [-0.05, 0) is 12.8 Å². The van der Waals surface area contributed by atoms with Crippen molar-refractivity contribution in [2.24, 2.45) is 5.92 Å². The first-order valence-electron chi connectivity index (χ1n) is 5.72. The number of aliphatic hydroxyl groups excluding tert-OH is 2. The minimum absolute atomic E-state index is 0.0289. The van der Waals surface area contributed by atoms with Gasteiger partial charge in [0.25, 0.3) is 0 Å². The van der Waals surface area contributed by atoms with Crippen LogP contribution in [-0.4, -0.2) is 35.5 Å². The Kier molecular flexibility index (Phi) is 25.6. The average Bonchev–Trinajstić information content (AvgIpc) is 2.46. The highest BCUT2D eigenvalue weighted by molar-refractivity contribution is 5.69. The van der Waals surface area contributed by atoms with E-state index in [4.69, 9.17) is 15.3 Å². The van der Waals surface area contributed by atoms with Crippen molar-refractivity contribution >= 4 is 5.97 Å². The molecule has 5 nitrogen and oxygen atoms in total. The molecule has 1 rings (SSSR count). The molecule has 0 atom stereocenters. The molecule has 0 spiro atoms. The average molecular weight is 262 g/mol. The lowest BCUT2D eigenvalue weighted by molar-refractivity contribution is -0.142. The van der Waals surface area contributed by atoms with E-state index in [-0.39, 0.29) is 5.92 Å². The lowest BCUT2D eigenvalue weighted by atomic mass is 9.90. The number of aliphatic hydroxyl groups is 2. The molecule has 0 unspecified atom stereocenters. The van der Waals surface area contributed by atoms with Gasteiger partial charge in [0.1, 0.15) is 0 Å². The van der Waals surface area contributed by atoms with E-state index in [1.165, 1.54) is 18.9 Å². The van der Waals surface area contributed by atoms with Gasteiger partial charge in [0.2, 0.25) is 0 Å². The Labute approximate surface area is 109 Å². The van der Waals surface area contributed by atoms with Crippen molar-refractivity contribution in [1.82, 2.24) is 0 Å². The fourth-order valence-corrected chi connectivity index (χ4v) is 1.42. The van der Waals surface area contributed by atoms with Crippen LogP contribution < -0.4 is 0 Å². The van der Waals surface area contributed by atoms with E-state index in [1.807, 2.05) is 0 Å². The zero-order valence-electron chi connectivity index (χ0n) is 11.3. The third-order valence-electron chi connectivity index (χ3n) is 2.15. The third-order valence-corrected chi connectivity index (χ3v) is 2.15. The summed E-state index contributed by atoms with van der Waals surface area (Å²) in [7, 11) is 2.00. The van der Waals surface area contributed by atoms with Gasteiger partial charge in [0.05, 0.1) is 18.4 Å². The van der Waals surface area contributed by atoms with E-state index in [9.17, 15) is 4.79 Å². The van der Waals surface area contributed by atoms with Gasteiger partial charge < -0.3 is 20.1 Å². The standard InChI is InChI=1S/C7H12O2.C4H6O.2CH4O/c8-7(9)6-4-2-1-3-5-6;1-3-5-4-2;2*1-2/h6H,1-5H2,(H,8,9);3-4H,1-2H2;2*2H,1H3. The predicted molar refractivity (Wildman–Crippen MR) is 72.0 cm³/mol. The first-order valence-corrected chi connectivity index (χ1v) is 5.72. The first-order chi connectivity index (χ1) is 8.72. The van der Waals surface area contributed by atoms with Gasteiger partial charge in [-0.15, -0.1) is 0 Å². The van der Waals surface area contributed by atoms with E-state index in [0.717, 1.165) is 39.9 Å². The van der Waals surface area contributed by atoms with Gasteiger partial charge >= 0.3 is 5.97 Å². The second-order valence-corrected chi connectivity index (χ2v) is 3.14. The minimum atomic E-state index is -0.602. The maximum Gasteiger partial charge on any atom is 0.306 e. The molecule has 1 fully saturated rings. The summed E-state index contributed by atoms with van der Waals surface area (Å²) in [6.07, 6.45) is 7.86. The Bertz CT molecular complexity index is 180. The van der Waals surface area contributed by atoms with Crippen molar-refractivity contribution in [2.45, 2.75) is 32.1 Å². The van der Waals surface area contributed by atoms with Crippen molar-refractivity contribution in [3.63, 3.8) is 0 Å². The second kappa shape index (κ2) is 21.0. The van der Waals surface area contributed by atoms with Gasteiger partial charge in [0, 0.05) is 14.2 Å². The molecular weight excluding hydrogens is 236 g/mol. The molecule has 0 saturated heterocycles. The zero-order chi connectivity index (χ0) is 14.8. The van der Waals surface area contributed by atoms with Crippen LogP contribution in [0.15, 0.2) is 25.7 Å². The lowest BCUT2D eigenvalue weighted by Gasteiger charge is -2.16. The molecule has 0 aromatic carbocycles. The van der Waals surface area contributed by atoms with Gasteiger partial charge in [-0.2, -0.15) is 0 Å². The maximum absolute atomic E-state index is 10.4. The van der Waals surface area contributed by atoms with Crippen LogP contribution in [-0.2, 0) is 9.53 Å². The van der Waals surface area contributed by atoms with Crippen LogP contribution in [0.2, 0.25) is 0 Å². The highest BCUT2D eigenvalue weighted by Crippen LogP contribution is 2.23. The second-order valence-electron chi connectivity index (χ2n) is 3.14.